The zero-order chi connectivity index (χ0) is 19.9. The van der Waals surface area contributed by atoms with Crippen molar-refractivity contribution in [2.75, 3.05) is 38.0 Å². The Morgan fingerprint density at radius 2 is 1.62 bits per heavy atom. The van der Waals surface area contributed by atoms with Gasteiger partial charge in [0.2, 0.25) is 5.91 Å². The topological polar surface area (TPSA) is 44.8 Å². The van der Waals surface area contributed by atoms with Crippen molar-refractivity contribution in [3.05, 3.63) is 77.0 Å². The summed E-state index contributed by atoms with van der Waals surface area (Å²) < 4.78 is 5.93. The maximum atomic E-state index is 12.6. The summed E-state index contributed by atoms with van der Waals surface area (Å²) in [6.07, 6.45) is 0. The lowest BCUT2D eigenvalue weighted by Crippen LogP contribution is -2.48. The number of anilines is 1. The van der Waals surface area contributed by atoms with Gasteiger partial charge in [-0.15, -0.1) is 11.3 Å². The number of piperazine rings is 1. The number of para-hydroxylation sites is 3. The fourth-order valence-corrected chi connectivity index (χ4v) is 4.14. The van der Waals surface area contributed by atoms with Crippen molar-refractivity contribution in [2.24, 2.45) is 0 Å². The van der Waals surface area contributed by atoms with Crippen molar-refractivity contribution in [1.82, 2.24) is 9.80 Å². The minimum absolute atomic E-state index is 0.0131. The lowest BCUT2D eigenvalue weighted by atomic mass is 10.2. The Bertz CT molecular complexity index is 907. The van der Waals surface area contributed by atoms with Gasteiger partial charge >= 0.3 is 0 Å². The molecule has 0 unspecified atom stereocenters. The SMILES string of the molecule is O=C(CN1CCN(Cc2cccs2)CC1)Nc1ccccc1Oc1ccccc1. The molecule has 0 spiro atoms. The minimum atomic E-state index is -0.0131. The van der Waals surface area contributed by atoms with Gasteiger partial charge in [0.1, 0.15) is 5.75 Å². The fraction of sp³-hybridized carbons (Fsp3) is 0.261. The van der Waals surface area contributed by atoms with Gasteiger partial charge in [-0.3, -0.25) is 14.6 Å². The van der Waals surface area contributed by atoms with Crippen LogP contribution in [0, 0.1) is 0 Å². The van der Waals surface area contributed by atoms with Gasteiger partial charge in [-0.05, 0) is 35.7 Å². The third-order valence-corrected chi connectivity index (χ3v) is 5.78. The predicted octanol–water partition coefficient (Wildman–Crippen LogP) is 4.30. The molecule has 0 radical (unpaired) electrons. The summed E-state index contributed by atoms with van der Waals surface area (Å²) in [5.41, 5.74) is 0.692. The van der Waals surface area contributed by atoms with E-state index in [1.54, 1.807) is 11.3 Å². The van der Waals surface area contributed by atoms with Gasteiger partial charge < -0.3 is 10.1 Å². The molecule has 150 valence electrons. The van der Waals surface area contributed by atoms with E-state index in [-0.39, 0.29) is 5.91 Å². The number of hydrogen-bond acceptors (Lipinski definition) is 5. The molecule has 4 rings (SSSR count). The maximum absolute atomic E-state index is 12.6. The van der Waals surface area contributed by atoms with Crippen molar-refractivity contribution < 1.29 is 9.53 Å². The van der Waals surface area contributed by atoms with Crippen LogP contribution < -0.4 is 10.1 Å². The van der Waals surface area contributed by atoms with E-state index in [4.69, 9.17) is 4.74 Å². The third kappa shape index (κ3) is 5.67. The van der Waals surface area contributed by atoms with Crippen LogP contribution in [0.25, 0.3) is 0 Å². The van der Waals surface area contributed by atoms with Crippen molar-refractivity contribution >= 4 is 22.9 Å². The average Bonchev–Trinajstić information content (AvgIpc) is 3.25. The number of nitrogens with one attached hydrogen (secondary N) is 1. The zero-order valence-corrected chi connectivity index (χ0v) is 17.1. The zero-order valence-electron chi connectivity index (χ0n) is 16.3. The van der Waals surface area contributed by atoms with Crippen LogP contribution in [-0.2, 0) is 11.3 Å². The minimum Gasteiger partial charge on any atom is -0.455 e. The number of carbonyl (C=O) groups excluding carboxylic acids is 1. The van der Waals surface area contributed by atoms with E-state index in [0.717, 1.165) is 38.5 Å². The Kier molecular flexibility index (Phi) is 6.56. The molecule has 29 heavy (non-hydrogen) atoms. The van der Waals surface area contributed by atoms with E-state index in [2.05, 4.69) is 32.6 Å². The first-order valence-corrected chi connectivity index (χ1v) is 10.7. The fourth-order valence-electron chi connectivity index (χ4n) is 3.40. The Balaban J connectivity index is 1.28. The molecule has 6 heteroatoms. The number of rotatable bonds is 7. The molecular weight excluding hydrogens is 382 g/mol. The van der Waals surface area contributed by atoms with Gasteiger partial charge in [-0.1, -0.05) is 36.4 Å². The van der Waals surface area contributed by atoms with E-state index >= 15 is 0 Å². The Morgan fingerprint density at radius 1 is 0.897 bits per heavy atom. The normalized spacial score (nSPS) is 15.2. The average molecular weight is 408 g/mol. The first kappa shape index (κ1) is 19.6. The van der Waals surface area contributed by atoms with Gasteiger partial charge in [0, 0.05) is 37.6 Å². The summed E-state index contributed by atoms with van der Waals surface area (Å²) in [6.45, 7) is 5.17. The van der Waals surface area contributed by atoms with Crippen LogP contribution in [0.5, 0.6) is 11.5 Å². The monoisotopic (exact) mass is 407 g/mol. The van der Waals surface area contributed by atoms with Crippen LogP contribution in [0.2, 0.25) is 0 Å². The van der Waals surface area contributed by atoms with E-state index in [1.165, 1.54) is 4.88 Å². The quantitative estimate of drug-likeness (QED) is 0.634. The largest absolute Gasteiger partial charge is 0.455 e. The first-order chi connectivity index (χ1) is 14.3. The van der Waals surface area contributed by atoms with E-state index < -0.39 is 0 Å². The Labute approximate surface area is 175 Å². The highest BCUT2D eigenvalue weighted by Gasteiger charge is 2.19. The van der Waals surface area contributed by atoms with E-state index in [0.29, 0.717) is 18.0 Å². The molecule has 1 fully saturated rings. The maximum Gasteiger partial charge on any atom is 0.238 e. The molecule has 0 atom stereocenters. The van der Waals surface area contributed by atoms with Crippen LogP contribution in [0.3, 0.4) is 0 Å². The molecule has 5 nitrogen and oxygen atoms in total. The molecule has 1 aliphatic heterocycles. The van der Waals surface area contributed by atoms with Gasteiger partial charge in [0.15, 0.2) is 5.75 Å². The van der Waals surface area contributed by atoms with E-state index in [1.807, 2.05) is 54.6 Å². The van der Waals surface area contributed by atoms with Crippen LogP contribution in [0.15, 0.2) is 72.1 Å². The summed E-state index contributed by atoms with van der Waals surface area (Å²) in [7, 11) is 0. The Morgan fingerprint density at radius 3 is 2.38 bits per heavy atom. The number of hydrogen-bond donors (Lipinski definition) is 1. The summed E-state index contributed by atoms with van der Waals surface area (Å²) >= 11 is 1.80. The van der Waals surface area contributed by atoms with Crippen molar-refractivity contribution in [1.29, 1.82) is 0 Å². The molecule has 1 aromatic heterocycles. The first-order valence-electron chi connectivity index (χ1n) is 9.85. The van der Waals surface area contributed by atoms with Crippen molar-refractivity contribution in [3.8, 4) is 11.5 Å². The number of nitrogens with zero attached hydrogens (tertiary/aromatic N) is 2. The van der Waals surface area contributed by atoms with Crippen LogP contribution >= 0.6 is 11.3 Å². The number of thiophene rings is 1. The second kappa shape index (κ2) is 9.69. The summed E-state index contributed by atoms with van der Waals surface area (Å²) in [6, 6.07) is 21.4. The molecule has 2 aromatic carbocycles. The van der Waals surface area contributed by atoms with E-state index in [9.17, 15) is 4.79 Å². The summed E-state index contributed by atoms with van der Waals surface area (Å²) in [5, 5.41) is 5.13. The van der Waals surface area contributed by atoms with Gasteiger partial charge in [-0.25, -0.2) is 0 Å². The molecule has 2 heterocycles. The summed E-state index contributed by atoms with van der Waals surface area (Å²) in [5.74, 6) is 1.38. The van der Waals surface area contributed by atoms with Gasteiger partial charge in [-0.2, -0.15) is 0 Å². The van der Waals surface area contributed by atoms with Crippen LogP contribution in [0.1, 0.15) is 4.88 Å². The Hall–Kier alpha value is -2.67. The smallest absolute Gasteiger partial charge is 0.238 e. The predicted molar refractivity (Wildman–Crippen MR) is 118 cm³/mol. The van der Waals surface area contributed by atoms with Gasteiger partial charge in [0.25, 0.3) is 0 Å². The van der Waals surface area contributed by atoms with Crippen LogP contribution in [-0.4, -0.2) is 48.4 Å². The van der Waals surface area contributed by atoms with Gasteiger partial charge in [0.05, 0.1) is 12.2 Å². The second-order valence-electron chi connectivity index (χ2n) is 7.09. The lowest BCUT2D eigenvalue weighted by molar-refractivity contribution is -0.117. The molecule has 1 N–H and O–H groups in total. The standard InChI is InChI=1S/C23H25N3O2S/c27-23(18-26-14-12-25(13-15-26)17-20-9-6-16-29-20)24-21-10-4-5-11-22(21)28-19-7-2-1-3-8-19/h1-11,16H,12-15,17-18H2,(H,24,27). The molecule has 0 aliphatic carbocycles. The van der Waals surface area contributed by atoms with Crippen LogP contribution in [0.4, 0.5) is 5.69 Å². The molecule has 1 aliphatic rings. The highest BCUT2D eigenvalue weighted by molar-refractivity contribution is 7.09. The molecule has 1 saturated heterocycles. The number of carbonyl (C=O) groups is 1. The third-order valence-electron chi connectivity index (χ3n) is 4.92. The number of benzene rings is 2. The number of ether oxygens (including phenoxy) is 1. The molecular formula is C23H25N3O2S. The highest BCUT2D eigenvalue weighted by Crippen LogP contribution is 2.29. The molecule has 0 bridgehead atoms. The summed E-state index contributed by atoms with van der Waals surface area (Å²) in [4.78, 5) is 18.7. The lowest BCUT2D eigenvalue weighted by Gasteiger charge is -2.34. The second-order valence-corrected chi connectivity index (χ2v) is 8.12. The van der Waals surface area contributed by atoms with Crippen molar-refractivity contribution in [3.63, 3.8) is 0 Å². The molecule has 0 saturated carbocycles. The molecule has 3 aromatic rings. The van der Waals surface area contributed by atoms with Crippen molar-refractivity contribution in [2.45, 2.75) is 6.54 Å². The molecule has 1 amide bonds. The number of amides is 1. The highest BCUT2D eigenvalue weighted by atomic mass is 32.1.